The zero-order chi connectivity index (χ0) is 18.4. The molecule has 0 unspecified atom stereocenters. The Morgan fingerprint density at radius 2 is 2.08 bits per heavy atom. The van der Waals surface area contributed by atoms with Gasteiger partial charge in [-0.05, 0) is 25.5 Å². The fourth-order valence-corrected chi connectivity index (χ4v) is 3.34. The molecule has 1 atom stereocenters. The molecular formula is C19H29N5O2. The van der Waals surface area contributed by atoms with Gasteiger partial charge in [-0.15, -0.1) is 0 Å². The monoisotopic (exact) mass is 359 g/mol. The molecule has 2 N–H and O–H groups in total. The number of aromatic amines is 1. The molecule has 3 rings (SSSR count). The number of imidazole rings is 1. The number of nitrogens with zero attached hydrogens (tertiary/aromatic N) is 3. The minimum absolute atomic E-state index is 0.0918. The minimum atomic E-state index is -0.0918. The molecule has 1 aromatic carbocycles. The third-order valence-corrected chi connectivity index (χ3v) is 4.97. The average Bonchev–Trinajstić information content (AvgIpc) is 3.07. The Morgan fingerprint density at radius 1 is 1.31 bits per heavy atom. The third-order valence-electron chi connectivity index (χ3n) is 4.97. The van der Waals surface area contributed by atoms with E-state index in [1.54, 1.807) is 7.11 Å². The van der Waals surface area contributed by atoms with Crippen LogP contribution in [0.15, 0.2) is 24.3 Å². The van der Waals surface area contributed by atoms with Gasteiger partial charge in [0, 0.05) is 46.4 Å². The van der Waals surface area contributed by atoms with Crippen LogP contribution in [0.4, 0.5) is 0 Å². The van der Waals surface area contributed by atoms with Crippen LogP contribution in [-0.4, -0.2) is 78.2 Å². The van der Waals surface area contributed by atoms with Gasteiger partial charge >= 0.3 is 0 Å². The molecule has 1 fully saturated rings. The summed E-state index contributed by atoms with van der Waals surface area (Å²) in [5.41, 5.74) is 2.10. The Balaban J connectivity index is 1.44. The smallest absolute Gasteiger partial charge is 0.237 e. The molecule has 1 aliphatic rings. The average molecular weight is 359 g/mol. The van der Waals surface area contributed by atoms with Crippen LogP contribution in [-0.2, 0) is 16.1 Å². The number of H-pyrrole nitrogens is 1. The number of hydrogen-bond acceptors (Lipinski definition) is 5. The van der Waals surface area contributed by atoms with Crippen LogP contribution in [0.1, 0.15) is 19.2 Å². The first kappa shape index (κ1) is 18.8. The number of fused-ring (bicyclic) bond motifs is 1. The molecule has 142 valence electrons. The number of rotatable bonds is 8. The summed E-state index contributed by atoms with van der Waals surface area (Å²) in [5.74, 6) is 1.11. The molecule has 1 aliphatic heterocycles. The lowest BCUT2D eigenvalue weighted by atomic mass is 10.2. The maximum Gasteiger partial charge on any atom is 0.237 e. The van der Waals surface area contributed by atoms with Crippen molar-refractivity contribution in [2.45, 2.75) is 25.9 Å². The molecule has 0 saturated carbocycles. The number of para-hydroxylation sites is 2. The largest absolute Gasteiger partial charge is 0.385 e. The van der Waals surface area contributed by atoms with E-state index in [1.807, 2.05) is 25.1 Å². The summed E-state index contributed by atoms with van der Waals surface area (Å²) in [6.45, 7) is 7.83. The lowest BCUT2D eigenvalue weighted by Crippen LogP contribution is -2.53. The second-order valence-electron chi connectivity index (χ2n) is 6.83. The standard InChI is InChI=1S/C19H29N5O2/c1-15(19(25)20-8-5-13-26-2)24-11-9-23(10-12-24)14-18-21-16-6-3-4-7-17(16)22-18/h3-4,6-7,15H,5,8-14H2,1-2H3,(H,20,25)(H,21,22)/t15-/m0/s1. The molecule has 7 nitrogen and oxygen atoms in total. The zero-order valence-corrected chi connectivity index (χ0v) is 15.7. The van der Waals surface area contributed by atoms with Gasteiger partial charge in [0.15, 0.2) is 0 Å². The number of carbonyl (C=O) groups is 1. The summed E-state index contributed by atoms with van der Waals surface area (Å²) in [4.78, 5) is 24.9. The molecule has 1 saturated heterocycles. The SMILES string of the molecule is COCCCNC(=O)[C@H](C)N1CCN(Cc2nc3ccccc3[nH]2)CC1. The number of amides is 1. The number of methoxy groups -OCH3 is 1. The molecule has 1 aromatic heterocycles. The number of benzene rings is 1. The van der Waals surface area contributed by atoms with E-state index in [0.717, 1.165) is 56.0 Å². The Labute approximate surface area is 154 Å². The van der Waals surface area contributed by atoms with E-state index in [1.165, 1.54) is 0 Å². The summed E-state index contributed by atoms with van der Waals surface area (Å²) in [6.07, 6.45) is 0.847. The summed E-state index contributed by atoms with van der Waals surface area (Å²) in [5, 5.41) is 2.99. The first-order valence-electron chi connectivity index (χ1n) is 9.34. The predicted molar refractivity (Wildman–Crippen MR) is 102 cm³/mol. The number of ether oxygens (including phenoxy) is 1. The van der Waals surface area contributed by atoms with Crippen LogP contribution in [0.5, 0.6) is 0 Å². The molecule has 1 amide bonds. The van der Waals surface area contributed by atoms with Gasteiger partial charge < -0.3 is 15.0 Å². The maximum atomic E-state index is 12.3. The minimum Gasteiger partial charge on any atom is -0.385 e. The van der Waals surface area contributed by atoms with Gasteiger partial charge in [-0.25, -0.2) is 4.98 Å². The van der Waals surface area contributed by atoms with Crippen molar-refractivity contribution in [2.75, 3.05) is 46.4 Å². The topological polar surface area (TPSA) is 73.5 Å². The maximum absolute atomic E-state index is 12.3. The fraction of sp³-hybridized carbons (Fsp3) is 0.579. The van der Waals surface area contributed by atoms with Crippen molar-refractivity contribution < 1.29 is 9.53 Å². The quantitative estimate of drug-likeness (QED) is 0.694. The molecule has 0 radical (unpaired) electrons. The Morgan fingerprint density at radius 3 is 2.81 bits per heavy atom. The van der Waals surface area contributed by atoms with E-state index in [0.29, 0.717) is 13.2 Å². The van der Waals surface area contributed by atoms with E-state index < -0.39 is 0 Å². The highest BCUT2D eigenvalue weighted by molar-refractivity contribution is 5.81. The van der Waals surface area contributed by atoms with Gasteiger partial charge in [-0.2, -0.15) is 0 Å². The van der Waals surface area contributed by atoms with Gasteiger partial charge in [-0.1, -0.05) is 12.1 Å². The lowest BCUT2D eigenvalue weighted by Gasteiger charge is -2.37. The van der Waals surface area contributed by atoms with Crippen LogP contribution in [0.3, 0.4) is 0 Å². The summed E-state index contributed by atoms with van der Waals surface area (Å²) in [6, 6.07) is 8.01. The Bertz CT molecular complexity index is 676. The normalized spacial score (nSPS) is 17.5. The first-order chi connectivity index (χ1) is 12.7. The molecule has 26 heavy (non-hydrogen) atoms. The summed E-state index contributed by atoms with van der Waals surface area (Å²) < 4.78 is 5.01. The number of piperazine rings is 1. The highest BCUT2D eigenvalue weighted by Crippen LogP contribution is 2.13. The number of aromatic nitrogens is 2. The second kappa shape index (κ2) is 9.12. The van der Waals surface area contributed by atoms with Crippen molar-refractivity contribution in [1.29, 1.82) is 0 Å². The Kier molecular flexibility index (Phi) is 6.60. The van der Waals surface area contributed by atoms with E-state index in [2.05, 4.69) is 31.2 Å². The van der Waals surface area contributed by atoms with Gasteiger partial charge in [0.25, 0.3) is 0 Å². The van der Waals surface area contributed by atoms with Crippen molar-refractivity contribution in [3.63, 3.8) is 0 Å². The number of hydrogen-bond donors (Lipinski definition) is 2. The van der Waals surface area contributed by atoms with E-state index in [9.17, 15) is 4.79 Å². The van der Waals surface area contributed by atoms with Crippen molar-refractivity contribution in [1.82, 2.24) is 25.1 Å². The van der Waals surface area contributed by atoms with Crippen LogP contribution in [0.2, 0.25) is 0 Å². The second-order valence-corrected chi connectivity index (χ2v) is 6.83. The molecule has 0 bridgehead atoms. The van der Waals surface area contributed by atoms with Gasteiger partial charge in [0.05, 0.1) is 23.6 Å². The molecule has 2 heterocycles. The van der Waals surface area contributed by atoms with Crippen LogP contribution >= 0.6 is 0 Å². The molecule has 0 spiro atoms. The third kappa shape index (κ3) is 4.81. The van der Waals surface area contributed by atoms with Crippen molar-refractivity contribution in [2.24, 2.45) is 0 Å². The van der Waals surface area contributed by atoms with Gasteiger partial charge in [-0.3, -0.25) is 14.6 Å². The zero-order valence-electron chi connectivity index (χ0n) is 15.7. The van der Waals surface area contributed by atoms with E-state index >= 15 is 0 Å². The summed E-state index contributed by atoms with van der Waals surface area (Å²) >= 11 is 0. The van der Waals surface area contributed by atoms with Crippen LogP contribution in [0, 0.1) is 0 Å². The van der Waals surface area contributed by atoms with Gasteiger partial charge in [0.1, 0.15) is 5.82 Å². The molecular weight excluding hydrogens is 330 g/mol. The molecule has 0 aliphatic carbocycles. The first-order valence-corrected chi connectivity index (χ1v) is 9.34. The Hall–Kier alpha value is -1.96. The van der Waals surface area contributed by atoms with Crippen LogP contribution < -0.4 is 5.32 Å². The van der Waals surface area contributed by atoms with E-state index in [-0.39, 0.29) is 11.9 Å². The number of carbonyl (C=O) groups excluding carboxylic acids is 1. The van der Waals surface area contributed by atoms with Gasteiger partial charge in [0.2, 0.25) is 5.91 Å². The summed E-state index contributed by atoms with van der Waals surface area (Å²) in [7, 11) is 1.68. The predicted octanol–water partition coefficient (Wildman–Crippen LogP) is 1.22. The van der Waals surface area contributed by atoms with Crippen molar-refractivity contribution in [3.8, 4) is 0 Å². The van der Waals surface area contributed by atoms with Crippen molar-refractivity contribution in [3.05, 3.63) is 30.1 Å². The highest BCUT2D eigenvalue weighted by Gasteiger charge is 2.25. The van der Waals surface area contributed by atoms with E-state index in [4.69, 9.17) is 4.74 Å². The molecule has 7 heteroatoms. The van der Waals surface area contributed by atoms with Crippen molar-refractivity contribution >= 4 is 16.9 Å². The molecule has 2 aromatic rings. The highest BCUT2D eigenvalue weighted by atomic mass is 16.5. The number of nitrogens with one attached hydrogen (secondary N) is 2. The lowest BCUT2D eigenvalue weighted by molar-refractivity contribution is -0.126. The fourth-order valence-electron chi connectivity index (χ4n) is 3.34. The van der Waals surface area contributed by atoms with Crippen LogP contribution in [0.25, 0.3) is 11.0 Å².